The van der Waals surface area contributed by atoms with Crippen LogP contribution in [0.5, 0.6) is 5.75 Å². The van der Waals surface area contributed by atoms with Crippen molar-refractivity contribution in [3.05, 3.63) is 76.0 Å². The molecule has 2 N–H and O–H groups in total. The molecular weight excluding hydrogens is 483 g/mol. The molecule has 0 spiro atoms. The summed E-state index contributed by atoms with van der Waals surface area (Å²) in [5.41, 5.74) is 3.36. The predicted molar refractivity (Wildman–Crippen MR) is 132 cm³/mol. The number of benzene rings is 3. The lowest BCUT2D eigenvalue weighted by Crippen LogP contribution is -2.08. The van der Waals surface area contributed by atoms with E-state index in [0.29, 0.717) is 43.1 Å². The van der Waals surface area contributed by atoms with E-state index in [1.54, 1.807) is 31.6 Å². The molecule has 0 radical (unpaired) electrons. The maximum absolute atomic E-state index is 11.7. The molecule has 0 aliphatic heterocycles. The molecule has 0 saturated heterocycles. The molecule has 172 valence electrons. The Morgan fingerprint density at radius 3 is 2.55 bits per heavy atom. The summed E-state index contributed by atoms with van der Waals surface area (Å²) in [6, 6.07) is 16.4. The minimum Gasteiger partial charge on any atom is -0.467 e. The highest BCUT2D eigenvalue weighted by atomic mass is 35.5. The number of fused-ring (bicyclic) bond motifs is 1. The molecule has 33 heavy (non-hydrogen) atoms. The van der Waals surface area contributed by atoms with Crippen LogP contribution in [0.2, 0.25) is 10.0 Å². The fraction of sp³-hybridized carbons (Fsp3) is 0.208. The molecule has 4 rings (SSSR count). The normalized spacial score (nSPS) is 13.2. The topological polar surface area (TPSA) is 84.4 Å². The second-order valence-corrected chi connectivity index (χ2v) is 9.54. The monoisotopic (exact) mass is 504 g/mol. The molecule has 2 unspecified atom stereocenters. The van der Waals surface area contributed by atoms with Crippen molar-refractivity contribution in [1.29, 1.82) is 0 Å². The summed E-state index contributed by atoms with van der Waals surface area (Å²) in [6.07, 6.45) is 1.62. The van der Waals surface area contributed by atoms with Crippen LogP contribution in [-0.4, -0.2) is 46.0 Å². The number of rotatable bonds is 8. The van der Waals surface area contributed by atoms with Gasteiger partial charge >= 0.3 is 0 Å². The van der Waals surface area contributed by atoms with Gasteiger partial charge in [-0.1, -0.05) is 53.5 Å². The van der Waals surface area contributed by atoms with Gasteiger partial charge in [0, 0.05) is 40.2 Å². The standard InChI is InChI=1S/C24H22Cl2N2O4S/c1-31-13-32-20-6-4-3-5-16(20)21-18(25)11-19-23(22(21)26)28-24(27-19)17(12-29)14-7-9-15(10-8-14)33(2)30/h3-11,17,29H,12-13H2,1-2H3,(H,27,28). The number of nitrogens with zero attached hydrogens (tertiary/aromatic N) is 1. The molecule has 0 aliphatic carbocycles. The van der Waals surface area contributed by atoms with E-state index >= 15 is 0 Å². The van der Waals surface area contributed by atoms with Crippen molar-refractivity contribution in [2.24, 2.45) is 0 Å². The zero-order chi connectivity index (χ0) is 23.5. The molecule has 3 aromatic carbocycles. The van der Waals surface area contributed by atoms with Crippen LogP contribution >= 0.6 is 23.2 Å². The summed E-state index contributed by atoms with van der Waals surface area (Å²) in [5, 5.41) is 10.9. The Morgan fingerprint density at radius 1 is 1.15 bits per heavy atom. The average Bonchev–Trinajstić information content (AvgIpc) is 3.23. The van der Waals surface area contributed by atoms with Crippen molar-refractivity contribution >= 4 is 45.0 Å². The Hall–Kier alpha value is -2.42. The zero-order valence-electron chi connectivity index (χ0n) is 18.0. The molecular formula is C24H22Cl2N2O4S. The first-order valence-corrected chi connectivity index (χ1v) is 12.4. The van der Waals surface area contributed by atoms with Gasteiger partial charge in [-0.25, -0.2) is 4.98 Å². The van der Waals surface area contributed by atoms with E-state index in [2.05, 4.69) is 4.98 Å². The minimum atomic E-state index is -1.08. The molecule has 0 saturated carbocycles. The maximum Gasteiger partial charge on any atom is 0.188 e. The highest BCUT2D eigenvalue weighted by Gasteiger charge is 2.22. The van der Waals surface area contributed by atoms with Crippen LogP contribution in [-0.2, 0) is 15.5 Å². The van der Waals surface area contributed by atoms with Gasteiger partial charge in [-0.2, -0.15) is 0 Å². The Bertz CT molecular complexity index is 1310. The van der Waals surface area contributed by atoms with Gasteiger partial charge in [-0.05, 0) is 29.8 Å². The van der Waals surface area contributed by atoms with Crippen LogP contribution in [0.25, 0.3) is 22.2 Å². The lowest BCUT2D eigenvalue weighted by molar-refractivity contribution is 0.0515. The van der Waals surface area contributed by atoms with Crippen molar-refractivity contribution in [2.45, 2.75) is 10.8 Å². The molecule has 0 aliphatic rings. The second-order valence-electron chi connectivity index (χ2n) is 7.37. The fourth-order valence-corrected chi connectivity index (χ4v) is 4.90. The van der Waals surface area contributed by atoms with Crippen LogP contribution in [0.3, 0.4) is 0 Å². The summed E-state index contributed by atoms with van der Waals surface area (Å²) < 4.78 is 22.4. The van der Waals surface area contributed by atoms with Crippen LogP contribution in [0.15, 0.2) is 59.5 Å². The summed E-state index contributed by atoms with van der Waals surface area (Å²) in [7, 11) is 0.472. The number of methoxy groups -OCH3 is 1. The molecule has 0 amide bonds. The molecule has 9 heteroatoms. The van der Waals surface area contributed by atoms with E-state index in [0.717, 1.165) is 11.1 Å². The van der Waals surface area contributed by atoms with E-state index in [1.807, 2.05) is 36.4 Å². The van der Waals surface area contributed by atoms with Crippen LogP contribution < -0.4 is 4.74 Å². The second kappa shape index (κ2) is 10.2. The highest BCUT2D eigenvalue weighted by Crippen LogP contribution is 2.43. The molecule has 1 aromatic heterocycles. The number of ether oxygens (including phenoxy) is 2. The van der Waals surface area contributed by atoms with Crippen LogP contribution in [0.1, 0.15) is 17.3 Å². The van der Waals surface area contributed by atoms with E-state index in [1.165, 1.54) is 0 Å². The third kappa shape index (κ3) is 4.78. The van der Waals surface area contributed by atoms with Gasteiger partial charge in [0.15, 0.2) is 6.79 Å². The molecule has 1 heterocycles. The first-order valence-electron chi connectivity index (χ1n) is 10.1. The lowest BCUT2D eigenvalue weighted by Gasteiger charge is -2.13. The number of H-pyrrole nitrogens is 1. The Kier molecular flexibility index (Phi) is 7.36. The Morgan fingerprint density at radius 2 is 1.88 bits per heavy atom. The van der Waals surface area contributed by atoms with Crippen molar-refractivity contribution in [3.63, 3.8) is 0 Å². The van der Waals surface area contributed by atoms with Gasteiger partial charge in [0.25, 0.3) is 0 Å². The summed E-state index contributed by atoms with van der Waals surface area (Å²) in [4.78, 5) is 8.66. The van der Waals surface area contributed by atoms with Gasteiger partial charge in [0.2, 0.25) is 0 Å². The average molecular weight is 505 g/mol. The van der Waals surface area contributed by atoms with Gasteiger partial charge < -0.3 is 19.6 Å². The molecule has 0 bridgehead atoms. The molecule has 0 fully saturated rings. The first-order chi connectivity index (χ1) is 15.9. The molecule has 6 nitrogen and oxygen atoms in total. The third-order valence-corrected chi connectivity index (χ3v) is 6.91. The SMILES string of the molecule is COCOc1ccccc1-c1c(Cl)cc2[nH]c(C(CO)c3ccc(S(C)=O)cc3)nc2c1Cl. The largest absolute Gasteiger partial charge is 0.467 e. The zero-order valence-corrected chi connectivity index (χ0v) is 20.3. The maximum atomic E-state index is 11.7. The number of imidazole rings is 1. The first kappa shape index (κ1) is 23.7. The fourth-order valence-electron chi connectivity index (χ4n) is 3.67. The van der Waals surface area contributed by atoms with Gasteiger partial charge in [0.1, 0.15) is 17.1 Å². The van der Waals surface area contributed by atoms with E-state index in [9.17, 15) is 9.32 Å². The highest BCUT2D eigenvalue weighted by molar-refractivity contribution is 7.84. The lowest BCUT2D eigenvalue weighted by atomic mass is 9.99. The van der Waals surface area contributed by atoms with Gasteiger partial charge in [-0.15, -0.1) is 0 Å². The summed E-state index contributed by atoms with van der Waals surface area (Å²) >= 11 is 13.4. The van der Waals surface area contributed by atoms with Crippen molar-refractivity contribution in [2.75, 3.05) is 26.8 Å². The van der Waals surface area contributed by atoms with Crippen LogP contribution in [0, 0.1) is 0 Å². The van der Waals surface area contributed by atoms with Crippen LogP contribution in [0.4, 0.5) is 0 Å². The van der Waals surface area contributed by atoms with E-state index in [4.69, 9.17) is 37.7 Å². The minimum absolute atomic E-state index is 0.0869. The number of hydrogen-bond acceptors (Lipinski definition) is 5. The quantitative estimate of drug-likeness (QED) is 0.314. The summed E-state index contributed by atoms with van der Waals surface area (Å²) in [5.74, 6) is 0.726. The van der Waals surface area contributed by atoms with Crippen molar-refractivity contribution in [3.8, 4) is 16.9 Å². The molecule has 2 atom stereocenters. The Labute approximate surface area is 203 Å². The number of aromatic nitrogens is 2. The van der Waals surface area contributed by atoms with Gasteiger partial charge in [-0.3, -0.25) is 4.21 Å². The molecule has 4 aromatic rings. The van der Waals surface area contributed by atoms with Crippen molar-refractivity contribution < 1.29 is 18.8 Å². The number of nitrogens with one attached hydrogen (secondary N) is 1. The Balaban J connectivity index is 1.79. The smallest absolute Gasteiger partial charge is 0.188 e. The number of halogens is 2. The van der Waals surface area contributed by atoms with E-state index in [-0.39, 0.29) is 13.4 Å². The predicted octanol–water partition coefficient (Wildman–Crippen LogP) is 5.38. The van der Waals surface area contributed by atoms with Crippen molar-refractivity contribution in [1.82, 2.24) is 9.97 Å². The number of hydrogen-bond donors (Lipinski definition) is 2. The number of aromatic amines is 1. The third-order valence-electron chi connectivity index (χ3n) is 5.30. The van der Waals surface area contributed by atoms with Gasteiger partial charge in [0.05, 0.1) is 28.1 Å². The summed E-state index contributed by atoms with van der Waals surface area (Å²) in [6.45, 7) is -0.0794. The number of aliphatic hydroxyl groups excluding tert-OH is 1. The van der Waals surface area contributed by atoms with E-state index < -0.39 is 16.7 Å². The number of para-hydroxylation sites is 1. The number of aliphatic hydroxyl groups is 1.